The van der Waals surface area contributed by atoms with Crippen LogP contribution in [0.4, 0.5) is 0 Å². The van der Waals surface area contributed by atoms with Crippen LogP contribution in [-0.4, -0.2) is 18.7 Å². The SMILES string of the molecule is C#CCOc1ccc2ccccc2c1/C=N\NC(=O)[C@H]1[C@H]2CCCC[C@@]21C. The highest BCUT2D eigenvalue weighted by Gasteiger charge is 2.64. The normalized spacial score (nSPS) is 26.4. The lowest BCUT2D eigenvalue weighted by atomic mass is 9.90. The zero-order chi connectivity index (χ0) is 18.9. The van der Waals surface area contributed by atoms with Gasteiger partial charge in [0.15, 0.2) is 0 Å². The number of hydrazone groups is 1. The predicted molar refractivity (Wildman–Crippen MR) is 108 cm³/mol. The van der Waals surface area contributed by atoms with Crippen LogP contribution in [0, 0.1) is 29.6 Å². The summed E-state index contributed by atoms with van der Waals surface area (Å²) in [5, 5.41) is 6.35. The number of benzene rings is 2. The van der Waals surface area contributed by atoms with E-state index in [0.29, 0.717) is 11.7 Å². The molecule has 4 heteroatoms. The molecule has 138 valence electrons. The summed E-state index contributed by atoms with van der Waals surface area (Å²) in [6.45, 7) is 2.43. The number of amides is 1. The van der Waals surface area contributed by atoms with Crippen LogP contribution >= 0.6 is 0 Å². The topological polar surface area (TPSA) is 50.7 Å². The number of carbonyl (C=O) groups excluding carboxylic acids is 1. The summed E-state index contributed by atoms with van der Waals surface area (Å²) < 4.78 is 5.66. The van der Waals surface area contributed by atoms with Gasteiger partial charge in [-0.3, -0.25) is 4.79 Å². The van der Waals surface area contributed by atoms with Crippen molar-refractivity contribution in [3.8, 4) is 18.1 Å². The van der Waals surface area contributed by atoms with E-state index in [-0.39, 0.29) is 23.8 Å². The number of carbonyl (C=O) groups is 1. The van der Waals surface area contributed by atoms with Crippen molar-refractivity contribution < 1.29 is 9.53 Å². The van der Waals surface area contributed by atoms with Gasteiger partial charge >= 0.3 is 0 Å². The first-order valence-corrected chi connectivity index (χ1v) is 9.56. The molecule has 2 saturated carbocycles. The molecule has 2 aromatic rings. The van der Waals surface area contributed by atoms with E-state index in [2.05, 4.69) is 23.4 Å². The molecule has 2 aliphatic carbocycles. The van der Waals surface area contributed by atoms with E-state index in [0.717, 1.165) is 29.2 Å². The van der Waals surface area contributed by atoms with Crippen molar-refractivity contribution in [2.24, 2.45) is 22.4 Å². The monoisotopic (exact) mass is 360 g/mol. The smallest absolute Gasteiger partial charge is 0.244 e. The highest BCUT2D eigenvalue weighted by atomic mass is 16.5. The van der Waals surface area contributed by atoms with Gasteiger partial charge in [-0.1, -0.05) is 56.0 Å². The van der Waals surface area contributed by atoms with Gasteiger partial charge in [-0.25, -0.2) is 5.43 Å². The van der Waals surface area contributed by atoms with Crippen LogP contribution in [0.15, 0.2) is 41.5 Å². The zero-order valence-corrected chi connectivity index (χ0v) is 15.6. The second kappa shape index (κ2) is 7.08. The molecular formula is C23H24N2O2. The summed E-state index contributed by atoms with van der Waals surface area (Å²) in [6, 6.07) is 11.9. The lowest BCUT2D eigenvalue weighted by Crippen LogP contribution is -2.22. The molecule has 0 heterocycles. The minimum Gasteiger partial charge on any atom is -0.480 e. The molecular weight excluding hydrogens is 336 g/mol. The summed E-state index contributed by atoms with van der Waals surface area (Å²) in [5.74, 6) is 3.80. The van der Waals surface area contributed by atoms with Gasteiger partial charge in [-0.2, -0.15) is 5.10 Å². The highest BCUT2D eigenvalue weighted by molar-refractivity contribution is 6.02. The van der Waals surface area contributed by atoms with Gasteiger partial charge in [0.25, 0.3) is 0 Å². The van der Waals surface area contributed by atoms with Crippen molar-refractivity contribution >= 4 is 22.9 Å². The van der Waals surface area contributed by atoms with E-state index in [1.54, 1.807) is 6.21 Å². The fraction of sp³-hybridized carbons (Fsp3) is 0.391. The third-order valence-electron chi connectivity index (χ3n) is 6.22. The highest BCUT2D eigenvalue weighted by Crippen LogP contribution is 2.66. The van der Waals surface area contributed by atoms with Crippen molar-refractivity contribution in [3.05, 3.63) is 42.0 Å². The Morgan fingerprint density at radius 3 is 3.00 bits per heavy atom. The Hall–Kier alpha value is -2.80. The molecule has 0 bridgehead atoms. The van der Waals surface area contributed by atoms with Gasteiger partial charge in [0.1, 0.15) is 12.4 Å². The first-order chi connectivity index (χ1) is 13.1. The third kappa shape index (κ3) is 3.19. The molecule has 4 nitrogen and oxygen atoms in total. The summed E-state index contributed by atoms with van der Waals surface area (Å²) in [6.07, 6.45) is 11.8. The van der Waals surface area contributed by atoms with Gasteiger partial charge < -0.3 is 4.74 Å². The fourth-order valence-electron chi connectivity index (χ4n) is 4.73. The van der Waals surface area contributed by atoms with Gasteiger partial charge in [0, 0.05) is 11.5 Å². The summed E-state index contributed by atoms with van der Waals surface area (Å²) in [4.78, 5) is 12.6. The van der Waals surface area contributed by atoms with Crippen LogP contribution in [0.3, 0.4) is 0 Å². The zero-order valence-electron chi connectivity index (χ0n) is 15.6. The molecule has 0 unspecified atom stereocenters. The molecule has 2 aliphatic rings. The Kier molecular flexibility index (Phi) is 4.61. The number of rotatable bonds is 5. The first kappa shape index (κ1) is 17.6. The van der Waals surface area contributed by atoms with E-state index >= 15 is 0 Å². The predicted octanol–water partition coefficient (Wildman–Crippen LogP) is 4.13. The molecule has 27 heavy (non-hydrogen) atoms. The second-order valence-electron chi connectivity index (χ2n) is 7.76. The molecule has 3 atom stereocenters. The second-order valence-corrected chi connectivity index (χ2v) is 7.76. The maximum Gasteiger partial charge on any atom is 0.244 e. The fourth-order valence-corrected chi connectivity index (χ4v) is 4.73. The van der Waals surface area contributed by atoms with Gasteiger partial charge in [0.05, 0.1) is 6.21 Å². The summed E-state index contributed by atoms with van der Waals surface area (Å²) >= 11 is 0. The maximum atomic E-state index is 12.6. The Morgan fingerprint density at radius 2 is 2.22 bits per heavy atom. The van der Waals surface area contributed by atoms with Crippen molar-refractivity contribution in [1.29, 1.82) is 0 Å². The number of nitrogens with zero attached hydrogens (tertiary/aromatic N) is 1. The van der Waals surface area contributed by atoms with E-state index in [9.17, 15) is 4.79 Å². The molecule has 2 fully saturated rings. The Bertz CT molecular complexity index is 943. The molecule has 2 aromatic carbocycles. The van der Waals surface area contributed by atoms with Crippen LogP contribution < -0.4 is 10.2 Å². The minimum atomic E-state index is 0.0342. The average Bonchev–Trinajstić information content (AvgIpc) is 3.32. The van der Waals surface area contributed by atoms with Crippen LogP contribution in [0.1, 0.15) is 38.2 Å². The first-order valence-electron chi connectivity index (χ1n) is 9.56. The van der Waals surface area contributed by atoms with Crippen LogP contribution in [0.25, 0.3) is 10.8 Å². The number of hydrogen-bond donors (Lipinski definition) is 1. The van der Waals surface area contributed by atoms with E-state index in [4.69, 9.17) is 11.2 Å². The quantitative estimate of drug-likeness (QED) is 0.495. The number of ether oxygens (including phenoxy) is 1. The molecule has 0 radical (unpaired) electrons. The van der Waals surface area contributed by atoms with Crippen molar-refractivity contribution in [2.75, 3.05) is 6.61 Å². The molecule has 4 rings (SSSR count). The van der Waals surface area contributed by atoms with E-state index in [1.807, 2.05) is 36.4 Å². The molecule has 1 N–H and O–H groups in total. The Morgan fingerprint density at radius 1 is 1.37 bits per heavy atom. The average molecular weight is 360 g/mol. The Balaban J connectivity index is 1.54. The van der Waals surface area contributed by atoms with Gasteiger partial charge in [-0.05, 0) is 41.0 Å². The van der Waals surface area contributed by atoms with Gasteiger partial charge in [-0.15, -0.1) is 6.42 Å². The van der Waals surface area contributed by atoms with Crippen LogP contribution in [0.5, 0.6) is 5.75 Å². The molecule has 0 saturated heterocycles. The van der Waals surface area contributed by atoms with Crippen LogP contribution in [0.2, 0.25) is 0 Å². The minimum absolute atomic E-state index is 0.0342. The third-order valence-corrected chi connectivity index (χ3v) is 6.22. The van der Waals surface area contributed by atoms with Crippen molar-refractivity contribution in [3.63, 3.8) is 0 Å². The lowest BCUT2D eigenvalue weighted by Gasteiger charge is -2.15. The van der Waals surface area contributed by atoms with Crippen molar-refractivity contribution in [2.45, 2.75) is 32.6 Å². The standard InChI is InChI=1S/C23H24N2O2/c1-3-14-27-20-12-11-16-8-4-5-9-17(16)18(20)15-24-25-22(26)21-19-10-6-7-13-23(19,21)2/h1,4-5,8-9,11-12,15,19,21H,6-7,10,13-14H2,2H3,(H,25,26)/b24-15-/t19-,21-,23+/m1/s1. The molecule has 0 spiro atoms. The van der Waals surface area contributed by atoms with E-state index in [1.165, 1.54) is 12.8 Å². The summed E-state index contributed by atoms with van der Waals surface area (Å²) in [7, 11) is 0. The van der Waals surface area contributed by atoms with Gasteiger partial charge in [0.2, 0.25) is 5.91 Å². The summed E-state index contributed by atoms with van der Waals surface area (Å²) in [5.41, 5.74) is 3.76. The van der Waals surface area contributed by atoms with Crippen LogP contribution in [-0.2, 0) is 4.79 Å². The number of nitrogens with one attached hydrogen (secondary N) is 1. The maximum absolute atomic E-state index is 12.6. The number of terminal acetylenes is 1. The molecule has 0 aliphatic heterocycles. The molecule has 0 aromatic heterocycles. The largest absolute Gasteiger partial charge is 0.480 e. The van der Waals surface area contributed by atoms with E-state index < -0.39 is 0 Å². The Labute approximate surface area is 160 Å². The molecule has 1 amide bonds. The van der Waals surface area contributed by atoms with Crippen molar-refractivity contribution in [1.82, 2.24) is 5.43 Å². The number of fused-ring (bicyclic) bond motifs is 2. The number of hydrogen-bond acceptors (Lipinski definition) is 3. The lowest BCUT2D eigenvalue weighted by molar-refractivity contribution is -0.123.